The predicted octanol–water partition coefficient (Wildman–Crippen LogP) is 4.71. The number of hydrogen-bond donors (Lipinski definition) is 1. The lowest BCUT2D eigenvalue weighted by Crippen LogP contribution is -2.04. The molecule has 0 saturated carbocycles. The third kappa shape index (κ3) is 3.56. The molecular weight excluding hydrogens is 375 g/mol. The number of benzene rings is 1. The van der Waals surface area contributed by atoms with E-state index in [1.54, 1.807) is 13.3 Å². The summed E-state index contributed by atoms with van der Waals surface area (Å²) in [5.41, 5.74) is 2.16. The van der Waals surface area contributed by atoms with Gasteiger partial charge in [0.05, 0.1) is 18.9 Å². The molecule has 1 N–H and O–H groups in total. The molecule has 3 rings (SSSR count). The van der Waals surface area contributed by atoms with E-state index in [9.17, 15) is 0 Å². The number of rotatable bonds is 5. The Morgan fingerprint density at radius 3 is 2.54 bits per heavy atom. The van der Waals surface area contributed by atoms with Crippen LogP contribution in [-0.2, 0) is 6.54 Å². The quantitative estimate of drug-likeness (QED) is 0.506. The zero-order valence-corrected chi connectivity index (χ0v) is 14.7. The normalized spacial score (nSPS) is 10.7. The molecule has 0 radical (unpaired) electrons. The van der Waals surface area contributed by atoms with Crippen molar-refractivity contribution in [2.45, 2.75) is 6.54 Å². The number of nitrogens with one attached hydrogen (secondary N) is 1. The first-order valence-corrected chi connectivity index (χ1v) is 7.90. The van der Waals surface area contributed by atoms with Gasteiger partial charge in [-0.3, -0.25) is 0 Å². The SMILES string of the molecule is COc1cc(NCc2c(Cl)nc(Cl)nc2Cl)ccc1-c1cnco1. The highest BCUT2D eigenvalue weighted by Gasteiger charge is 2.13. The smallest absolute Gasteiger partial charge is 0.225 e. The summed E-state index contributed by atoms with van der Waals surface area (Å²) in [6.07, 6.45) is 2.99. The van der Waals surface area contributed by atoms with Crippen LogP contribution in [0.15, 0.2) is 35.2 Å². The third-order valence-corrected chi connectivity index (χ3v) is 4.04. The summed E-state index contributed by atoms with van der Waals surface area (Å²) in [4.78, 5) is 11.7. The van der Waals surface area contributed by atoms with Gasteiger partial charge in [0, 0.05) is 23.9 Å². The summed E-state index contributed by atoms with van der Waals surface area (Å²) in [5.74, 6) is 1.26. The van der Waals surface area contributed by atoms with Crippen molar-refractivity contribution < 1.29 is 9.15 Å². The lowest BCUT2D eigenvalue weighted by molar-refractivity contribution is 0.415. The number of halogens is 3. The van der Waals surface area contributed by atoms with Gasteiger partial charge < -0.3 is 14.5 Å². The third-order valence-electron chi connectivity index (χ3n) is 3.25. The summed E-state index contributed by atoms with van der Waals surface area (Å²) in [7, 11) is 1.58. The number of aromatic nitrogens is 3. The molecule has 2 aromatic heterocycles. The Kier molecular flexibility index (Phi) is 5.08. The van der Waals surface area contributed by atoms with Gasteiger partial charge in [0.15, 0.2) is 12.2 Å². The minimum Gasteiger partial charge on any atom is -0.496 e. The Morgan fingerprint density at radius 2 is 1.92 bits per heavy atom. The first-order chi connectivity index (χ1) is 11.6. The van der Waals surface area contributed by atoms with E-state index in [2.05, 4.69) is 20.3 Å². The lowest BCUT2D eigenvalue weighted by atomic mass is 10.1. The molecule has 0 aliphatic carbocycles. The highest BCUT2D eigenvalue weighted by Crippen LogP contribution is 2.32. The van der Waals surface area contributed by atoms with Crippen LogP contribution in [0.4, 0.5) is 5.69 Å². The monoisotopic (exact) mass is 384 g/mol. The largest absolute Gasteiger partial charge is 0.496 e. The Morgan fingerprint density at radius 1 is 1.17 bits per heavy atom. The predicted molar refractivity (Wildman–Crippen MR) is 92.9 cm³/mol. The number of oxazole rings is 1. The molecule has 1 aromatic carbocycles. The van der Waals surface area contributed by atoms with Crippen molar-refractivity contribution in [1.29, 1.82) is 0 Å². The van der Waals surface area contributed by atoms with Crippen molar-refractivity contribution in [3.05, 3.63) is 51.9 Å². The Hall–Kier alpha value is -2.02. The van der Waals surface area contributed by atoms with Crippen LogP contribution in [0.3, 0.4) is 0 Å². The van der Waals surface area contributed by atoms with Crippen molar-refractivity contribution in [3.63, 3.8) is 0 Å². The Balaban J connectivity index is 1.82. The van der Waals surface area contributed by atoms with Gasteiger partial charge in [0.25, 0.3) is 0 Å². The van der Waals surface area contributed by atoms with E-state index in [4.69, 9.17) is 44.0 Å². The maximum atomic E-state index is 6.05. The van der Waals surface area contributed by atoms with E-state index in [1.165, 1.54) is 6.39 Å². The summed E-state index contributed by atoms with van der Waals surface area (Å²) in [6.45, 7) is 0.333. The van der Waals surface area contributed by atoms with Crippen LogP contribution in [0.25, 0.3) is 11.3 Å². The molecule has 0 unspecified atom stereocenters. The summed E-state index contributed by atoms with van der Waals surface area (Å²) >= 11 is 17.8. The average molecular weight is 386 g/mol. The number of methoxy groups -OCH3 is 1. The topological polar surface area (TPSA) is 73.1 Å². The summed E-state index contributed by atoms with van der Waals surface area (Å²) in [6, 6.07) is 5.57. The maximum Gasteiger partial charge on any atom is 0.225 e. The second kappa shape index (κ2) is 7.25. The van der Waals surface area contributed by atoms with Crippen molar-refractivity contribution in [3.8, 4) is 17.1 Å². The molecule has 0 fully saturated rings. The molecule has 9 heteroatoms. The van der Waals surface area contributed by atoms with E-state index in [0.717, 1.165) is 11.3 Å². The first kappa shape index (κ1) is 16.8. The van der Waals surface area contributed by atoms with Crippen LogP contribution < -0.4 is 10.1 Å². The van der Waals surface area contributed by atoms with Crippen molar-refractivity contribution in [2.75, 3.05) is 12.4 Å². The van der Waals surface area contributed by atoms with Gasteiger partial charge in [0.1, 0.15) is 16.1 Å². The molecular formula is C15H11Cl3N4O2. The molecule has 24 heavy (non-hydrogen) atoms. The van der Waals surface area contributed by atoms with Gasteiger partial charge in [-0.15, -0.1) is 0 Å². The van der Waals surface area contributed by atoms with Gasteiger partial charge in [-0.05, 0) is 23.7 Å². The van der Waals surface area contributed by atoms with Crippen molar-refractivity contribution >= 4 is 40.5 Å². The molecule has 0 aliphatic rings. The Bertz CT molecular complexity index is 833. The fourth-order valence-electron chi connectivity index (χ4n) is 2.10. The molecule has 124 valence electrons. The lowest BCUT2D eigenvalue weighted by Gasteiger charge is -2.12. The van der Waals surface area contributed by atoms with Crippen molar-refractivity contribution in [2.24, 2.45) is 0 Å². The number of anilines is 1. The molecule has 0 saturated heterocycles. The summed E-state index contributed by atoms with van der Waals surface area (Å²) in [5, 5.41) is 3.61. The van der Waals surface area contributed by atoms with E-state index in [0.29, 0.717) is 23.6 Å². The number of ether oxygens (including phenoxy) is 1. The van der Waals surface area contributed by atoms with Crippen molar-refractivity contribution in [1.82, 2.24) is 15.0 Å². The molecule has 3 aromatic rings. The van der Waals surface area contributed by atoms with Crippen LogP contribution in [0.5, 0.6) is 5.75 Å². The molecule has 0 atom stereocenters. The average Bonchev–Trinajstić information content (AvgIpc) is 3.07. The van der Waals surface area contributed by atoms with Crippen LogP contribution in [0.1, 0.15) is 5.56 Å². The summed E-state index contributed by atoms with van der Waals surface area (Å²) < 4.78 is 10.7. The van der Waals surface area contributed by atoms with E-state index in [-0.39, 0.29) is 15.6 Å². The van der Waals surface area contributed by atoms with Crippen LogP contribution in [0, 0.1) is 0 Å². The first-order valence-electron chi connectivity index (χ1n) is 6.76. The highest BCUT2D eigenvalue weighted by atomic mass is 35.5. The highest BCUT2D eigenvalue weighted by molar-refractivity contribution is 6.36. The Labute approximate surface area is 152 Å². The maximum absolute atomic E-state index is 6.05. The fraction of sp³-hybridized carbons (Fsp3) is 0.133. The second-order valence-electron chi connectivity index (χ2n) is 4.69. The molecule has 0 spiro atoms. The standard InChI is InChI=1S/C15H11Cl3N4O2/c1-23-11-4-8(2-3-9(11)12-6-19-7-24-12)20-5-10-13(16)21-15(18)22-14(10)17/h2-4,6-7,20H,5H2,1H3. The van der Waals surface area contributed by atoms with E-state index >= 15 is 0 Å². The zero-order chi connectivity index (χ0) is 17.1. The van der Waals surface area contributed by atoms with Crippen LogP contribution in [0.2, 0.25) is 15.6 Å². The molecule has 0 amide bonds. The molecule has 0 bridgehead atoms. The number of hydrogen-bond acceptors (Lipinski definition) is 6. The van der Waals surface area contributed by atoms with Gasteiger partial charge in [0.2, 0.25) is 5.28 Å². The number of nitrogens with zero attached hydrogens (tertiary/aromatic N) is 3. The van der Waals surface area contributed by atoms with Gasteiger partial charge >= 0.3 is 0 Å². The second-order valence-corrected chi connectivity index (χ2v) is 5.74. The van der Waals surface area contributed by atoms with Crippen LogP contribution in [-0.4, -0.2) is 22.1 Å². The molecule has 0 aliphatic heterocycles. The minimum absolute atomic E-state index is 0.00632. The van der Waals surface area contributed by atoms with Gasteiger partial charge in [-0.25, -0.2) is 15.0 Å². The van der Waals surface area contributed by atoms with Gasteiger partial charge in [-0.2, -0.15) is 0 Å². The molecule has 2 heterocycles. The fourth-order valence-corrected chi connectivity index (χ4v) is 2.87. The van der Waals surface area contributed by atoms with Crippen LogP contribution >= 0.6 is 34.8 Å². The van der Waals surface area contributed by atoms with Gasteiger partial charge in [-0.1, -0.05) is 23.2 Å². The minimum atomic E-state index is 0.00632. The molecule has 6 nitrogen and oxygen atoms in total. The zero-order valence-electron chi connectivity index (χ0n) is 12.4. The van der Waals surface area contributed by atoms with E-state index < -0.39 is 0 Å². The van der Waals surface area contributed by atoms with E-state index in [1.807, 2.05) is 18.2 Å².